The van der Waals surface area contributed by atoms with Gasteiger partial charge in [0.1, 0.15) is 23.8 Å². The number of amides is 1. The first kappa shape index (κ1) is 24.0. The Balaban J connectivity index is 1.74. The van der Waals surface area contributed by atoms with Crippen molar-refractivity contribution >= 4 is 6.09 Å². The fraction of sp³-hybridized carbons (Fsp3) is 0.583. The third-order valence-corrected chi connectivity index (χ3v) is 5.44. The molecule has 2 aromatic rings. The second kappa shape index (κ2) is 10.3. The van der Waals surface area contributed by atoms with E-state index in [1.54, 1.807) is 17.8 Å². The van der Waals surface area contributed by atoms with Crippen LogP contribution in [-0.2, 0) is 24.4 Å². The molecule has 6 nitrogen and oxygen atoms in total. The van der Waals surface area contributed by atoms with Crippen LogP contribution in [0.5, 0.6) is 5.88 Å². The number of aromatic nitrogens is 2. The summed E-state index contributed by atoms with van der Waals surface area (Å²) in [6, 6.07) is 5.06. The highest BCUT2D eigenvalue weighted by atomic mass is 19.1. The maximum absolute atomic E-state index is 14.0. The molecule has 8 heteroatoms. The van der Waals surface area contributed by atoms with Crippen molar-refractivity contribution in [2.45, 2.75) is 78.2 Å². The van der Waals surface area contributed by atoms with Crippen molar-refractivity contribution in [3.05, 3.63) is 47.2 Å². The lowest BCUT2D eigenvalue weighted by Gasteiger charge is -2.24. The number of carbonyl (C=O) groups is 1. The highest BCUT2D eigenvalue weighted by Gasteiger charge is 2.22. The molecule has 0 aliphatic heterocycles. The van der Waals surface area contributed by atoms with Crippen LogP contribution < -0.4 is 4.74 Å². The maximum Gasteiger partial charge on any atom is 0.410 e. The Hall–Kier alpha value is -2.64. The average molecular weight is 450 g/mol. The molecule has 32 heavy (non-hydrogen) atoms. The summed E-state index contributed by atoms with van der Waals surface area (Å²) >= 11 is 0. The summed E-state index contributed by atoms with van der Waals surface area (Å²) in [5.74, 6) is -0.0600. The molecule has 0 unspecified atom stereocenters. The van der Waals surface area contributed by atoms with E-state index in [0.717, 1.165) is 31.0 Å². The van der Waals surface area contributed by atoms with Gasteiger partial charge in [0.2, 0.25) is 5.88 Å². The van der Waals surface area contributed by atoms with Crippen molar-refractivity contribution in [2.75, 3.05) is 7.05 Å². The van der Waals surface area contributed by atoms with Gasteiger partial charge in [0.05, 0.1) is 12.2 Å². The van der Waals surface area contributed by atoms with E-state index in [2.05, 4.69) is 5.10 Å². The zero-order valence-corrected chi connectivity index (χ0v) is 19.4. The van der Waals surface area contributed by atoms with E-state index in [1.165, 1.54) is 24.2 Å². The molecule has 1 aromatic carbocycles. The Morgan fingerprint density at radius 1 is 1.19 bits per heavy atom. The van der Waals surface area contributed by atoms with Gasteiger partial charge in [-0.15, -0.1) is 0 Å². The maximum atomic E-state index is 14.0. The molecule has 1 heterocycles. The average Bonchev–Trinajstić information content (AvgIpc) is 3.09. The van der Waals surface area contributed by atoms with Crippen LogP contribution in [0.15, 0.2) is 24.3 Å². The Labute approximate surface area is 188 Å². The lowest BCUT2D eigenvalue weighted by molar-refractivity contribution is 0.0282. The first-order valence-electron chi connectivity index (χ1n) is 11.2. The van der Waals surface area contributed by atoms with Gasteiger partial charge < -0.3 is 14.4 Å². The van der Waals surface area contributed by atoms with Crippen molar-refractivity contribution in [3.63, 3.8) is 0 Å². The molecule has 1 aliphatic carbocycles. The van der Waals surface area contributed by atoms with Gasteiger partial charge in [0.25, 0.3) is 0 Å². The molecule has 1 aromatic heterocycles. The summed E-state index contributed by atoms with van der Waals surface area (Å²) in [6.07, 6.45) is 5.47. The highest BCUT2D eigenvalue weighted by molar-refractivity contribution is 5.67. The summed E-state index contributed by atoms with van der Waals surface area (Å²) in [6.45, 7) is 6.27. The van der Waals surface area contributed by atoms with Crippen molar-refractivity contribution in [3.8, 4) is 5.88 Å². The topological polar surface area (TPSA) is 56.6 Å². The van der Waals surface area contributed by atoms with E-state index in [4.69, 9.17) is 9.47 Å². The fourth-order valence-electron chi connectivity index (χ4n) is 3.84. The normalized spacial score (nSPS) is 14.9. The molecule has 0 N–H and O–H groups in total. The van der Waals surface area contributed by atoms with E-state index in [0.29, 0.717) is 24.0 Å². The van der Waals surface area contributed by atoms with Crippen molar-refractivity contribution < 1.29 is 23.0 Å². The summed E-state index contributed by atoms with van der Waals surface area (Å²) in [5, 5.41) is 4.65. The van der Waals surface area contributed by atoms with Crippen LogP contribution in [0, 0.1) is 17.6 Å². The van der Waals surface area contributed by atoms with Crippen molar-refractivity contribution in [2.24, 2.45) is 5.92 Å². The highest BCUT2D eigenvalue weighted by Crippen LogP contribution is 2.27. The zero-order chi connectivity index (χ0) is 23.3. The number of benzene rings is 1. The molecule has 0 atom stereocenters. The van der Waals surface area contributed by atoms with Gasteiger partial charge in [-0.2, -0.15) is 5.10 Å². The van der Waals surface area contributed by atoms with Crippen LogP contribution in [0.1, 0.15) is 64.1 Å². The van der Waals surface area contributed by atoms with Crippen LogP contribution in [0.2, 0.25) is 0 Å². The number of rotatable bonds is 7. The summed E-state index contributed by atoms with van der Waals surface area (Å²) in [5.41, 5.74) is 0.196. The number of hydrogen-bond donors (Lipinski definition) is 0. The molecule has 0 spiro atoms. The van der Waals surface area contributed by atoms with E-state index < -0.39 is 23.3 Å². The minimum Gasteiger partial charge on any atom is -0.473 e. The largest absolute Gasteiger partial charge is 0.473 e. The predicted octanol–water partition coefficient (Wildman–Crippen LogP) is 5.69. The second-order valence-corrected chi connectivity index (χ2v) is 9.52. The molecule has 1 aliphatic rings. The van der Waals surface area contributed by atoms with Gasteiger partial charge in [0, 0.05) is 25.2 Å². The minimum absolute atomic E-state index is 0.110. The third kappa shape index (κ3) is 6.93. The Morgan fingerprint density at radius 3 is 2.59 bits per heavy atom. The Bertz CT molecular complexity index is 918. The van der Waals surface area contributed by atoms with Crippen molar-refractivity contribution in [1.82, 2.24) is 14.7 Å². The molecule has 1 saturated carbocycles. The minimum atomic E-state index is -0.588. The lowest BCUT2D eigenvalue weighted by Crippen LogP contribution is -2.33. The quantitative estimate of drug-likeness (QED) is 0.545. The van der Waals surface area contributed by atoms with E-state index in [9.17, 15) is 13.6 Å². The lowest BCUT2D eigenvalue weighted by atomic mass is 9.89. The number of halogens is 2. The van der Waals surface area contributed by atoms with Crippen LogP contribution in [0.4, 0.5) is 13.6 Å². The summed E-state index contributed by atoms with van der Waals surface area (Å²) in [7, 11) is 1.65. The van der Waals surface area contributed by atoms with Crippen LogP contribution in [0.3, 0.4) is 0 Å². The predicted molar refractivity (Wildman–Crippen MR) is 117 cm³/mol. The van der Waals surface area contributed by atoms with Crippen LogP contribution in [-0.4, -0.2) is 33.4 Å². The standard InChI is InChI=1S/C24H33F2N3O3/c1-24(2,3)32-23(30)28(4)15-20-13-22(29(27-20)14-17-8-6-5-7-9-17)31-16-18-12-19(25)10-11-21(18)26/h10-13,17H,5-9,14-16H2,1-4H3. The zero-order valence-electron chi connectivity index (χ0n) is 19.4. The molecule has 176 valence electrons. The summed E-state index contributed by atoms with van der Waals surface area (Å²) < 4.78 is 40.6. The number of nitrogens with zero attached hydrogens (tertiary/aromatic N) is 3. The van der Waals surface area contributed by atoms with Gasteiger partial charge >= 0.3 is 6.09 Å². The van der Waals surface area contributed by atoms with Gasteiger partial charge in [-0.05, 0) is 57.7 Å². The Morgan fingerprint density at radius 2 is 1.91 bits per heavy atom. The molecule has 1 fully saturated rings. The van der Waals surface area contributed by atoms with E-state index in [1.807, 2.05) is 20.8 Å². The fourth-order valence-corrected chi connectivity index (χ4v) is 3.84. The van der Waals surface area contributed by atoms with Crippen LogP contribution >= 0.6 is 0 Å². The van der Waals surface area contributed by atoms with E-state index in [-0.39, 0.29) is 18.7 Å². The van der Waals surface area contributed by atoms with Gasteiger partial charge in [-0.3, -0.25) is 0 Å². The molecular formula is C24H33F2N3O3. The van der Waals surface area contributed by atoms with Crippen molar-refractivity contribution in [1.29, 1.82) is 0 Å². The van der Waals surface area contributed by atoms with E-state index >= 15 is 0 Å². The molecular weight excluding hydrogens is 416 g/mol. The van der Waals surface area contributed by atoms with Gasteiger partial charge in [-0.1, -0.05) is 19.3 Å². The van der Waals surface area contributed by atoms with Gasteiger partial charge in [-0.25, -0.2) is 18.3 Å². The molecule has 0 bridgehead atoms. The molecule has 1 amide bonds. The van der Waals surface area contributed by atoms with Crippen LogP contribution in [0.25, 0.3) is 0 Å². The third-order valence-electron chi connectivity index (χ3n) is 5.44. The monoisotopic (exact) mass is 449 g/mol. The molecule has 3 rings (SSSR count). The van der Waals surface area contributed by atoms with Gasteiger partial charge in [0.15, 0.2) is 0 Å². The molecule has 0 radical (unpaired) electrons. The molecule has 0 saturated heterocycles. The number of ether oxygens (including phenoxy) is 2. The Kier molecular flexibility index (Phi) is 7.74. The summed E-state index contributed by atoms with van der Waals surface area (Å²) in [4.78, 5) is 13.8. The first-order chi connectivity index (χ1) is 15.1. The smallest absolute Gasteiger partial charge is 0.410 e. The SMILES string of the molecule is CN(Cc1cc(OCc2cc(F)ccc2F)n(CC2CCCCC2)n1)C(=O)OC(C)(C)C. The first-order valence-corrected chi connectivity index (χ1v) is 11.2. The number of hydrogen-bond acceptors (Lipinski definition) is 4. The second-order valence-electron chi connectivity index (χ2n) is 9.52. The number of carbonyl (C=O) groups excluding carboxylic acids is 1.